The van der Waals surface area contributed by atoms with E-state index in [0.717, 1.165) is 0 Å². The summed E-state index contributed by atoms with van der Waals surface area (Å²) in [4.78, 5) is 12.0. The number of aryl methyl sites for hydroxylation is 1. The van der Waals surface area contributed by atoms with Crippen molar-refractivity contribution < 1.29 is 0 Å². The molecule has 0 amide bonds. The molecule has 0 radical (unpaired) electrons. The van der Waals surface area contributed by atoms with Crippen LogP contribution in [0.2, 0.25) is 0 Å². The van der Waals surface area contributed by atoms with Crippen LogP contribution in [0.15, 0.2) is 6.33 Å². The summed E-state index contributed by atoms with van der Waals surface area (Å²) in [6, 6.07) is 0. The van der Waals surface area contributed by atoms with Crippen molar-refractivity contribution in [1.82, 2.24) is 19.5 Å². The van der Waals surface area contributed by atoms with E-state index in [-0.39, 0.29) is 5.95 Å². The van der Waals surface area contributed by atoms with Crippen LogP contribution in [0.3, 0.4) is 0 Å². The second-order valence-corrected chi connectivity index (χ2v) is 2.60. The highest BCUT2D eigenvalue weighted by atomic mass is 15.3. The molecular weight excluding hydrogens is 170 g/mol. The molecule has 0 aliphatic heterocycles. The zero-order chi connectivity index (χ0) is 9.42. The van der Waals surface area contributed by atoms with E-state index in [1.165, 1.54) is 0 Å². The lowest BCUT2D eigenvalue weighted by molar-refractivity contribution is 0.928. The summed E-state index contributed by atoms with van der Waals surface area (Å²) in [6.45, 7) is 0. The van der Waals surface area contributed by atoms with Gasteiger partial charge in [-0.05, 0) is 0 Å². The van der Waals surface area contributed by atoms with Crippen LogP contribution in [-0.4, -0.2) is 19.5 Å². The average Bonchev–Trinajstić information content (AvgIpc) is 2.48. The number of aromatic nitrogens is 4. The Morgan fingerprint density at radius 3 is 2.92 bits per heavy atom. The average molecular weight is 179 g/mol. The Morgan fingerprint density at radius 2 is 2.23 bits per heavy atom. The van der Waals surface area contributed by atoms with Gasteiger partial charge in [-0.25, -0.2) is 10.8 Å². The highest BCUT2D eigenvalue weighted by Gasteiger charge is 2.07. The van der Waals surface area contributed by atoms with Gasteiger partial charge in [-0.2, -0.15) is 9.97 Å². The van der Waals surface area contributed by atoms with E-state index >= 15 is 0 Å². The normalized spacial score (nSPS) is 10.6. The number of anilines is 2. The Bertz CT molecular complexity index is 445. The molecule has 13 heavy (non-hydrogen) atoms. The number of hydrogen-bond acceptors (Lipinski definition) is 6. The fourth-order valence-corrected chi connectivity index (χ4v) is 1.09. The molecule has 0 atom stereocenters. The van der Waals surface area contributed by atoms with Crippen LogP contribution in [0, 0.1) is 0 Å². The van der Waals surface area contributed by atoms with Gasteiger partial charge < -0.3 is 10.3 Å². The highest BCUT2D eigenvalue weighted by molar-refractivity contribution is 5.82. The molecular formula is C6H9N7. The number of hydrogen-bond donors (Lipinski definition) is 3. The quantitative estimate of drug-likeness (QED) is 0.392. The summed E-state index contributed by atoms with van der Waals surface area (Å²) in [5.74, 6) is 5.77. The van der Waals surface area contributed by atoms with Crippen molar-refractivity contribution in [2.45, 2.75) is 0 Å². The lowest BCUT2D eigenvalue weighted by Gasteiger charge is -2.00. The van der Waals surface area contributed by atoms with Gasteiger partial charge in [0, 0.05) is 7.05 Å². The third kappa shape index (κ3) is 1.05. The lowest BCUT2D eigenvalue weighted by atomic mass is 10.5. The first kappa shape index (κ1) is 7.74. The SMILES string of the molecule is Cn1cnc2c(N)nc(NN)nc21. The number of hydrazine groups is 1. The Kier molecular flexibility index (Phi) is 1.52. The second-order valence-electron chi connectivity index (χ2n) is 2.60. The van der Waals surface area contributed by atoms with E-state index in [2.05, 4.69) is 20.4 Å². The maximum atomic E-state index is 5.62. The number of rotatable bonds is 1. The summed E-state index contributed by atoms with van der Waals surface area (Å²) in [6.07, 6.45) is 1.62. The van der Waals surface area contributed by atoms with Gasteiger partial charge in [-0.15, -0.1) is 0 Å². The third-order valence-corrected chi connectivity index (χ3v) is 1.72. The molecule has 0 fully saturated rings. The van der Waals surface area contributed by atoms with Gasteiger partial charge in [0.05, 0.1) is 6.33 Å². The van der Waals surface area contributed by atoms with E-state index in [9.17, 15) is 0 Å². The summed E-state index contributed by atoms with van der Waals surface area (Å²) in [7, 11) is 1.82. The molecule has 0 saturated carbocycles. The predicted octanol–water partition coefficient (Wildman–Crippen LogP) is -0.769. The van der Waals surface area contributed by atoms with Gasteiger partial charge >= 0.3 is 0 Å². The molecule has 0 bridgehead atoms. The molecule has 0 unspecified atom stereocenters. The van der Waals surface area contributed by atoms with Crippen LogP contribution in [0.5, 0.6) is 0 Å². The van der Waals surface area contributed by atoms with Crippen molar-refractivity contribution in [2.75, 3.05) is 11.2 Å². The number of imidazole rings is 1. The van der Waals surface area contributed by atoms with Gasteiger partial charge in [-0.1, -0.05) is 0 Å². The largest absolute Gasteiger partial charge is 0.382 e. The van der Waals surface area contributed by atoms with Crippen molar-refractivity contribution in [2.24, 2.45) is 12.9 Å². The molecule has 2 aromatic rings. The minimum atomic E-state index is 0.286. The summed E-state index contributed by atoms with van der Waals surface area (Å²) < 4.78 is 1.74. The van der Waals surface area contributed by atoms with Gasteiger partial charge in [-0.3, -0.25) is 5.43 Å². The molecule has 2 heterocycles. The number of nitrogens with one attached hydrogen (secondary N) is 1. The molecule has 5 N–H and O–H groups in total. The van der Waals surface area contributed by atoms with Gasteiger partial charge in [0.1, 0.15) is 5.52 Å². The fourth-order valence-electron chi connectivity index (χ4n) is 1.09. The zero-order valence-corrected chi connectivity index (χ0v) is 7.02. The monoisotopic (exact) mass is 179 g/mol. The van der Waals surface area contributed by atoms with Crippen molar-refractivity contribution in [3.05, 3.63) is 6.33 Å². The zero-order valence-electron chi connectivity index (χ0n) is 7.02. The van der Waals surface area contributed by atoms with Crippen molar-refractivity contribution in [3.8, 4) is 0 Å². The van der Waals surface area contributed by atoms with Crippen LogP contribution >= 0.6 is 0 Å². The molecule has 0 aliphatic rings. The molecule has 2 rings (SSSR count). The van der Waals surface area contributed by atoms with Crippen molar-refractivity contribution >= 4 is 22.9 Å². The first-order chi connectivity index (χ1) is 6.22. The minimum absolute atomic E-state index is 0.286. The summed E-state index contributed by atoms with van der Waals surface area (Å²) >= 11 is 0. The molecule has 0 aliphatic carbocycles. The fraction of sp³-hybridized carbons (Fsp3) is 0.167. The molecule has 7 nitrogen and oxygen atoms in total. The Balaban J connectivity index is 2.80. The van der Waals surface area contributed by atoms with Crippen LogP contribution < -0.4 is 17.0 Å². The summed E-state index contributed by atoms with van der Waals surface area (Å²) in [5, 5.41) is 0. The van der Waals surface area contributed by atoms with Gasteiger partial charge in [0.15, 0.2) is 11.5 Å². The number of nitrogen functional groups attached to an aromatic ring is 2. The third-order valence-electron chi connectivity index (χ3n) is 1.72. The van der Waals surface area contributed by atoms with Crippen molar-refractivity contribution in [1.29, 1.82) is 0 Å². The Hall–Kier alpha value is -1.89. The standard InChI is InChI=1S/C6H9N7/c1-13-2-9-3-4(7)10-6(12-8)11-5(3)13/h2H,8H2,1H3,(H3,7,10,11,12). The second kappa shape index (κ2) is 2.56. The smallest absolute Gasteiger partial charge is 0.241 e. The van der Waals surface area contributed by atoms with E-state index in [4.69, 9.17) is 11.6 Å². The number of fused-ring (bicyclic) bond motifs is 1. The molecule has 0 aromatic carbocycles. The van der Waals surface area contributed by atoms with Crippen LogP contribution in [0.4, 0.5) is 11.8 Å². The highest BCUT2D eigenvalue weighted by Crippen LogP contribution is 2.16. The molecule has 0 spiro atoms. The number of nitrogens with two attached hydrogens (primary N) is 2. The molecule has 2 aromatic heterocycles. The predicted molar refractivity (Wildman–Crippen MR) is 48.5 cm³/mol. The maximum Gasteiger partial charge on any atom is 0.241 e. The van der Waals surface area contributed by atoms with E-state index in [1.807, 2.05) is 7.05 Å². The van der Waals surface area contributed by atoms with E-state index in [1.54, 1.807) is 10.9 Å². The minimum Gasteiger partial charge on any atom is -0.382 e. The van der Waals surface area contributed by atoms with Crippen molar-refractivity contribution in [3.63, 3.8) is 0 Å². The first-order valence-corrected chi connectivity index (χ1v) is 3.63. The Labute approximate surface area is 73.8 Å². The molecule has 7 heteroatoms. The molecule has 0 saturated heterocycles. The van der Waals surface area contributed by atoms with Crippen LogP contribution in [-0.2, 0) is 7.05 Å². The number of nitrogens with zero attached hydrogens (tertiary/aromatic N) is 4. The van der Waals surface area contributed by atoms with Crippen LogP contribution in [0.1, 0.15) is 0 Å². The Morgan fingerprint density at radius 1 is 1.46 bits per heavy atom. The van der Waals surface area contributed by atoms with Crippen LogP contribution in [0.25, 0.3) is 11.2 Å². The topological polar surface area (TPSA) is 108 Å². The summed E-state index contributed by atoms with van der Waals surface area (Å²) in [5.41, 5.74) is 9.19. The van der Waals surface area contributed by atoms with E-state index in [0.29, 0.717) is 17.0 Å². The lowest BCUT2D eigenvalue weighted by Crippen LogP contribution is -2.12. The van der Waals surface area contributed by atoms with Gasteiger partial charge in [0.25, 0.3) is 0 Å². The maximum absolute atomic E-state index is 5.62. The molecule has 68 valence electrons. The first-order valence-electron chi connectivity index (χ1n) is 3.63. The van der Waals surface area contributed by atoms with Gasteiger partial charge in [0.2, 0.25) is 5.95 Å². The van der Waals surface area contributed by atoms with E-state index < -0.39 is 0 Å².